The van der Waals surface area contributed by atoms with Gasteiger partial charge in [-0.1, -0.05) is 62.7 Å². The Morgan fingerprint density at radius 1 is 1.15 bits per heavy atom. The van der Waals surface area contributed by atoms with E-state index in [4.69, 9.17) is 16.1 Å². The van der Waals surface area contributed by atoms with Crippen molar-refractivity contribution in [3.8, 4) is 11.3 Å². The maximum atomic E-state index is 13.0. The van der Waals surface area contributed by atoms with Gasteiger partial charge in [0.2, 0.25) is 0 Å². The molecule has 0 bridgehead atoms. The number of urea groups is 1. The fourth-order valence-corrected chi connectivity index (χ4v) is 5.48. The first-order valence-corrected chi connectivity index (χ1v) is 11.3. The molecule has 34 heavy (non-hydrogen) atoms. The van der Waals surface area contributed by atoms with Gasteiger partial charge in [-0.25, -0.2) is 4.79 Å². The number of amides is 2. The Labute approximate surface area is 202 Å². The van der Waals surface area contributed by atoms with Crippen LogP contribution in [0.3, 0.4) is 0 Å². The number of nitro benzene ring substituents is 1. The number of benzene rings is 2. The van der Waals surface area contributed by atoms with Gasteiger partial charge < -0.3 is 15.2 Å². The summed E-state index contributed by atoms with van der Waals surface area (Å²) in [6.07, 6.45) is 0.770. The van der Waals surface area contributed by atoms with Crippen molar-refractivity contribution in [2.24, 2.45) is 0 Å². The van der Waals surface area contributed by atoms with Crippen LogP contribution in [0.4, 0.5) is 21.9 Å². The molecule has 4 rings (SSSR count). The minimum atomic E-state index is -0.563. The SMILES string of the molecule is Cc1onc(-c2ccccc2Cl)c1NC(=O)Nc1cc2c(c([N+](=O)[O-])c1C)C(C)(C)CC2(C)C. The number of hydrogen-bond donors (Lipinski definition) is 2. The van der Waals surface area contributed by atoms with Crippen LogP contribution in [-0.2, 0) is 10.8 Å². The predicted molar refractivity (Wildman–Crippen MR) is 133 cm³/mol. The van der Waals surface area contributed by atoms with E-state index in [1.54, 1.807) is 32.0 Å². The molecule has 1 aliphatic carbocycles. The number of hydrogen-bond acceptors (Lipinski definition) is 5. The van der Waals surface area contributed by atoms with Crippen molar-refractivity contribution in [1.82, 2.24) is 5.16 Å². The molecule has 9 heteroatoms. The van der Waals surface area contributed by atoms with E-state index in [2.05, 4.69) is 29.6 Å². The molecule has 3 aromatic rings. The minimum Gasteiger partial charge on any atom is -0.359 e. The van der Waals surface area contributed by atoms with Crippen molar-refractivity contribution in [2.45, 2.75) is 58.8 Å². The van der Waals surface area contributed by atoms with Crippen LogP contribution in [0.2, 0.25) is 5.02 Å². The number of nitrogens with zero attached hydrogens (tertiary/aromatic N) is 2. The third kappa shape index (κ3) is 3.92. The van der Waals surface area contributed by atoms with Gasteiger partial charge >= 0.3 is 6.03 Å². The van der Waals surface area contributed by atoms with E-state index in [9.17, 15) is 14.9 Å². The lowest BCUT2D eigenvalue weighted by molar-refractivity contribution is -0.386. The van der Waals surface area contributed by atoms with Crippen molar-refractivity contribution in [3.05, 3.63) is 67.9 Å². The van der Waals surface area contributed by atoms with E-state index in [1.165, 1.54) is 0 Å². The number of nitrogens with one attached hydrogen (secondary N) is 2. The first-order chi connectivity index (χ1) is 15.8. The number of rotatable bonds is 4. The fourth-order valence-electron chi connectivity index (χ4n) is 5.26. The zero-order valence-corrected chi connectivity index (χ0v) is 20.8. The second-order valence-corrected chi connectivity index (χ2v) is 10.5. The van der Waals surface area contributed by atoms with Gasteiger partial charge in [0, 0.05) is 11.1 Å². The summed E-state index contributed by atoms with van der Waals surface area (Å²) in [6.45, 7) is 11.5. The Balaban J connectivity index is 1.72. The summed E-state index contributed by atoms with van der Waals surface area (Å²) in [4.78, 5) is 24.8. The number of halogens is 1. The highest BCUT2D eigenvalue weighted by atomic mass is 35.5. The Bertz CT molecular complexity index is 1330. The van der Waals surface area contributed by atoms with E-state index in [1.807, 2.05) is 26.0 Å². The predicted octanol–water partition coefficient (Wildman–Crippen LogP) is 7.12. The molecule has 0 fully saturated rings. The molecule has 0 spiro atoms. The number of carbonyl (C=O) groups is 1. The van der Waals surface area contributed by atoms with Crippen LogP contribution in [-0.4, -0.2) is 16.1 Å². The minimum absolute atomic E-state index is 0.0567. The Hall–Kier alpha value is -3.39. The monoisotopic (exact) mass is 482 g/mol. The van der Waals surface area contributed by atoms with Crippen molar-refractivity contribution in [1.29, 1.82) is 0 Å². The van der Waals surface area contributed by atoms with Gasteiger partial charge in [0.1, 0.15) is 11.4 Å². The van der Waals surface area contributed by atoms with E-state index < -0.39 is 6.03 Å². The molecule has 2 amide bonds. The van der Waals surface area contributed by atoms with E-state index in [0.717, 1.165) is 17.5 Å². The first kappa shape index (κ1) is 23.8. The molecule has 0 saturated heterocycles. The van der Waals surface area contributed by atoms with Crippen LogP contribution in [0.15, 0.2) is 34.9 Å². The number of aromatic nitrogens is 1. The molecule has 1 heterocycles. The number of nitro groups is 1. The van der Waals surface area contributed by atoms with Gasteiger partial charge in [-0.2, -0.15) is 0 Å². The van der Waals surface area contributed by atoms with Crippen LogP contribution in [0, 0.1) is 24.0 Å². The van der Waals surface area contributed by atoms with E-state index in [-0.39, 0.29) is 21.4 Å². The zero-order chi connectivity index (χ0) is 25.0. The van der Waals surface area contributed by atoms with Crippen LogP contribution in [0.5, 0.6) is 0 Å². The number of aryl methyl sites for hydroxylation is 1. The number of fused-ring (bicyclic) bond motifs is 1. The van der Waals surface area contributed by atoms with Gasteiger partial charge in [-0.15, -0.1) is 0 Å². The van der Waals surface area contributed by atoms with Crippen LogP contribution in [0.25, 0.3) is 11.3 Å². The van der Waals surface area contributed by atoms with Gasteiger partial charge in [-0.3, -0.25) is 10.1 Å². The Kier molecular flexibility index (Phi) is 5.68. The van der Waals surface area contributed by atoms with Crippen molar-refractivity contribution in [3.63, 3.8) is 0 Å². The van der Waals surface area contributed by atoms with Crippen LogP contribution in [0.1, 0.15) is 56.6 Å². The molecule has 8 nitrogen and oxygen atoms in total. The maximum Gasteiger partial charge on any atom is 0.323 e. The lowest BCUT2D eigenvalue weighted by atomic mass is 9.81. The van der Waals surface area contributed by atoms with Gasteiger partial charge in [0.25, 0.3) is 5.69 Å². The summed E-state index contributed by atoms with van der Waals surface area (Å²) >= 11 is 6.30. The largest absolute Gasteiger partial charge is 0.359 e. The highest BCUT2D eigenvalue weighted by Gasteiger charge is 2.47. The summed E-state index contributed by atoms with van der Waals surface area (Å²) in [6, 6.07) is 8.41. The molecular weight excluding hydrogens is 456 g/mol. The maximum absolute atomic E-state index is 13.0. The average Bonchev–Trinajstić information content (AvgIpc) is 3.16. The average molecular weight is 483 g/mol. The molecule has 2 aromatic carbocycles. The van der Waals surface area contributed by atoms with Crippen molar-refractivity contribution >= 4 is 34.7 Å². The smallest absolute Gasteiger partial charge is 0.323 e. The van der Waals surface area contributed by atoms with E-state index in [0.29, 0.717) is 39.0 Å². The molecule has 1 aliphatic rings. The molecule has 178 valence electrons. The number of anilines is 2. The second kappa shape index (κ2) is 8.13. The Morgan fingerprint density at radius 2 is 1.82 bits per heavy atom. The topological polar surface area (TPSA) is 110 Å². The molecule has 2 N–H and O–H groups in total. The molecular formula is C25H27ClN4O4. The summed E-state index contributed by atoms with van der Waals surface area (Å²) in [5, 5.41) is 22.2. The lowest BCUT2D eigenvalue weighted by Crippen LogP contribution is -2.22. The van der Waals surface area contributed by atoms with Gasteiger partial charge in [-0.05, 0) is 48.8 Å². The van der Waals surface area contributed by atoms with Crippen LogP contribution < -0.4 is 10.6 Å². The van der Waals surface area contributed by atoms with E-state index >= 15 is 0 Å². The normalized spacial score (nSPS) is 15.6. The third-order valence-corrected chi connectivity index (χ3v) is 6.83. The Morgan fingerprint density at radius 3 is 2.47 bits per heavy atom. The summed E-state index contributed by atoms with van der Waals surface area (Å²) < 4.78 is 5.30. The molecule has 0 aliphatic heterocycles. The third-order valence-electron chi connectivity index (χ3n) is 6.50. The van der Waals surface area contributed by atoms with Gasteiger partial charge in [0.15, 0.2) is 5.76 Å². The van der Waals surface area contributed by atoms with Gasteiger partial charge in [0.05, 0.1) is 21.2 Å². The highest BCUT2D eigenvalue weighted by Crippen LogP contribution is 2.54. The molecule has 0 unspecified atom stereocenters. The lowest BCUT2D eigenvalue weighted by Gasteiger charge is -2.22. The first-order valence-electron chi connectivity index (χ1n) is 11.0. The fraction of sp³-hybridized carbons (Fsp3) is 0.360. The summed E-state index contributed by atoms with van der Waals surface area (Å²) in [7, 11) is 0. The molecule has 1 aromatic heterocycles. The quantitative estimate of drug-likeness (QED) is 0.303. The number of carbonyl (C=O) groups excluding carboxylic acids is 1. The standard InChI is InChI=1S/C25H27ClN4O4/c1-13-18(11-16-19(22(13)30(32)33)25(5,6)12-24(16,3)4)27-23(31)28-20-14(2)34-29-21(20)15-9-7-8-10-17(15)26/h7-11H,12H2,1-6H3,(H2,27,28,31). The van der Waals surface area contributed by atoms with Crippen LogP contribution >= 0.6 is 11.6 Å². The molecule has 0 radical (unpaired) electrons. The summed E-state index contributed by atoms with van der Waals surface area (Å²) in [5.74, 6) is 0.407. The van der Waals surface area contributed by atoms with Crippen molar-refractivity contribution < 1.29 is 14.2 Å². The molecule has 0 atom stereocenters. The summed E-state index contributed by atoms with van der Waals surface area (Å²) in [5.41, 5.74) is 3.25. The van der Waals surface area contributed by atoms with Crippen molar-refractivity contribution in [2.75, 3.05) is 10.6 Å². The second-order valence-electron chi connectivity index (χ2n) is 10.0. The highest BCUT2D eigenvalue weighted by molar-refractivity contribution is 6.33. The molecule has 0 saturated carbocycles. The zero-order valence-electron chi connectivity index (χ0n) is 20.0.